The van der Waals surface area contributed by atoms with E-state index in [9.17, 15) is 47.9 Å². The average Bonchev–Trinajstić information content (AvgIpc) is 1.16. The average molecular weight is 1530 g/mol. The number of halogens is 1. The summed E-state index contributed by atoms with van der Waals surface area (Å²) in [7, 11) is -2.64. The number of aliphatic hydroxyl groups excluding tert-OH is 2. The third-order valence-electron chi connectivity index (χ3n) is 21.1. The Labute approximate surface area is 639 Å². The van der Waals surface area contributed by atoms with Crippen LogP contribution in [0.25, 0.3) is 16.0 Å². The number of thiazole rings is 1. The Kier molecular flexibility index (Phi) is 28.9. The Balaban J connectivity index is 0.644. The zero-order valence-corrected chi connectivity index (χ0v) is 65.6. The van der Waals surface area contributed by atoms with Gasteiger partial charge in [-0.25, -0.2) is 18.1 Å². The molecule has 4 heterocycles. The maximum Gasteiger partial charge on any atom is 0.293 e. The van der Waals surface area contributed by atoms with Crippen molar-refractivity contribution < 1.29 is 42.7 Å². The largest absolute Gasteiger partial charge is 0.395 e. The molecule has 22 nitrogen and oxygen atoms in total. The first-order valence-electron chi connectivity index (χ1n) is 37.4. The predicted molar refractivity (Wildman–Crippen MR) is 424 cm³/mol. The van der Waals surface area contributed by atoms with Gasteiger partial charge in [0.15, 0.2) is 0 Å². The lowest BCUT2D eigenvalue weighted by molar-refractivity contribution is -0.384. The van der Waals surface area contributed by atoms with Gasteiger partial charge < -0.3 is 45.8 Å². The van der Waals surface area contributed by atoms with Gasteiger partial charge in [0.25, 0.3) is 21.6 Å². The normalized spacial score (nSPS) is 19.3. The lowest BCUT2D eigenvalue weighted by Gasteiger charge is -2.44. The maximum atomic E-state index is 14.3. The summed E-state index contributed by atoms with van der Waals surface area (Å²) in [5, 5.41) is 43.3. The highest BCUT2D eigenvalue weighted by Gasteiger charge is 2.44. The molecule has 1 unspecified atom stereocenters. The van der Waals surface area contributed by atoms with Crippen LogP contribution < -0.4 is 25.6 Å². The number of aromatic nitrogens is 1. The molecule has 572 valence electrons. The number of aliphatic hydroxyl groups is 2. The smallest absolute Gasteiger partial charge is 0.293 e. The number of hydrogen-bond donors (Lipinski definition) is 6. The number of benzene rings is 5. The number of allylic oxidation sites excluding steroid dienone is 1. The summed E-state index contributed by atoms with van der Waals surface area (Å²) in [4.78, 5) is 86.1. The van der Waals surface area contributed by atoms with Gasteiger partial charge in [-0.1, -0.05) is 119 Å². The minimum atomic E-state index is -4.52. The van der Waals surface area contributed by atoms with Crippen LogP contribution >= 0.6 is 34.7 Å². The van der Waals surface area contributed by atoms with Crippen LogP contribution in [0.1, 0.15) is 138 Å². The number of nitro benzene ring substituents is 1. The molecule has 0 radical (unpaired) electrons. The van der Waals surface area contributed by atoms with Gasteiger partial charge in [0.1, 0.15) is 11.7 Å². The van der Waals surface area contributed by atoms with Crippen LogP contribution in [-0.4, -0.2) is 212 Å². The molecular weight excluding hydrogens is 1420 g/mol. The fourth-order valence-corrected chi connectivity index (χ4v) is 17.9. The third kappa shape index (κ3) is 22.4. The lowest BCUT2D eigenvalue weighted by atomic mass is 9.71. The van der Waals surface area contributed by atoms with E-state index in [0.717, 1.165) is 142 Å². The number of unbranched alkanes of at least 4 members (excludes halogenated alkanes) is 4. The fourth-order valence-electron chi connectivity index (χ4n) is 15.0. The van der Waals surface area contributed by atoms with Gasteiger partial charge in [-0.15, -0.1) is 23.1 Å². The molecule has 0 saturated carbocycles. The van der Waals surface area contributed by atoms with Gasteiger partial charge in [-0.3, -0.25) is 39.1 Å². The fraction of sp³-hybridized carbons (Fsp3) is 0.512. The molecule has 0 bridgehead atoms. The van der Waals surface area contributed by atoms with E-state index in [1.54, 1.807) is 40.1 Å². The number of nitrogens with one attached hydrogen (secondary N) is 4. The minimum absolute atomic E-state index is 0.00307. The topological polar surface area (TPSA) is 266 Å². The monoisotopic (exact) mass is 1530 g/mol. The molecule has 1 aliphatic carbocycles. The first kappa shape index (κ1) is 81.2. The molecule has 3 fully saturated rings. The summed E-state index contributed by atoms with van der Waals surface area (Å²) in [5.41, 5.74) is 9.17. The quantitative estimate of drug-likeness (QED) is 0.00949. The van der Waals surface area contributed by atoms with Crippen LogP contribution in [0.3, 0.4) is 0 Å². The zero-order chi connectivity index (χ0) is 75.7. The molecule has 3 saturated heterocycles. The molecule has 6 aromatic rings. The highest BCUT2D eigenvalue weighted by atomic mass is 35.5. The van der Waals surface area contributed by atoms with Crippen molar-refractivity contribution in [2.75, 3.05) is 121 Å². The second kappa shape index (κ2) is 37.7. The van der Waals surface area contributed by atoms with Gasteiger partial charge in [-0.05, 0) is 166 Å². The van der Waals surface area contributed by atoms with Crippen molar-refractivity contribution in [2.45, 2.75) is 152 Å². The third-order valence-corrected chi connectivity index (χ3v) is 24.9. The van der Waals surface area contributed by atoms with E-state index in [1.807, 2.05) is 136 Å². The van der Waals surface area contributed by atoms with E-state index < -0.39 is 55.0 Å². The van der Waals surface area contributed by atoms with Gasteiger partial charge in [0.2, 0.25) is 17.7 Å². The number of hydrogen-bond acceptors (Lipinski definition) is 19. The molecule has 1 aromatic heterocycles. The van der Waals surface area contributed by atoms with Crippen molar-refractivity contribution in [3.05, 3.63) is 170 Å². The van der Waals surface area contributed by atoms with Gasteiger partial charge in [-0.2, -0.15) is 0 Å². The standard InChI is InChI=1S/C80H107ClN12O10S3/c1-56(58-19-21-60(22-20-58)74-57(2)83-55-105-74)84-77(98)72-48-66(95)52-92(72)78(99)75(79(3,4)5)82-36-15-10-8-9-14-18-73(96)91-44-40-89(41-45-91)54-80(6)35-33-69(59-23-27-63(81)28-24-59)62(50-80)51-88-38-42-90(43-39-88)65-29-25-61(26-30-65)76(97)86-106(102,103)68-31-32-70(71(49-68)93(100)101)85-64(34-37-87(7)46-47-94)53-104-67-16-12-11-13-17-67/h11-13,16-17,19-32,49,55-56,64,66,72,75,82,85,94-95H,8-10,14-15,18,33-48,50-54H2,1-7H3,(H,84,98)(H,86,97)/t56-,64+,66+,72-,75+,80?/m0/s1. The van der Waals surface area contributed by atoms with Crippen molar-refractivity contribution >= 4 is 91.0 Å². The number of β-amino-alcohol motifs (C(OH)–C–C–N with tert-alkyl or cyclic N) is 1. The number of sulfonamides is 1. The Morgan fingerprint density at radius 1 is 0.858 bits per heavy atom. The van der Waals surface area contributed by atoms with Crippen molar-refractivity contribution in [3.63, 3.8) is 0 Å². The van der Waals surface area contributed by atoms with Crippen LogP contribution in [0.15, 0.2) is 142 Å². The van der Waals surface area contributed by atoms with Crippen molar-refractivity contribution in [1.29, 1.82) is 0 Å². The zero-order valence-electron chi connectivity index (χ0n) is 62.4. The number of amides is 4. The van der Waals surface area contributed by atoms with Crippen molar-refractivity contribution in [3.8, 4) is 10.4 Å². The Bertz CT molecular complexity index is 4070. The second-order valence-corrected chi connectivity index (χ2v) is 34.5. The number of thioether (sulfide) groups is 1. The Hall–Kier alpha value is -7.30. The first-order valence-corrected chi connectivity index (χ1v) is 41.1. The number of nitrogens with zero attached hydrogens (tertiary/aromatic N) is 8. The Morgan fingerprint density at radius 2 is 1.54 bits per heavy atom. The molecular formula is C80H107ClN12O10S3. The Morgan fingerprint density at radius 3 is 2.21 bits per heavy atom. The molecule has 0 spiro atoms. The van der Waals surface area contributed by atoms with Gasteiger partial charge >= 0.3 is 0 Å². The predicted octanol–water partition coefficient (Wildman–Crippen LogP) is 11.8. The minimum Gasteiger partial charge on any atom is -0.395 e. The highest BCUT2D eigenvalue weighted by Crippen LogP contribution is 2.44. The number of carbonyl (C=O) groups excluding carboxylic acids is 4. The number of likely N-dealkylation sites (tertiary alicyclic amines) is 1. The number of carbonyl (C=O) groups is 4. The maximum absolute atomic E-state index is 14.3. The molecule has 3 aliphatic heterocycles. The molecule has 4 amide bonds. The SMILES string of the molecule is Cc1ncsc1-c1ccc([C@H](C)NC(=O)[C@@H]2C[C@@H](O)CN2C(=O)[C@@H](NCCCCCCCC(=O)N2CCN(CC3(C)CCC(c4ccc(Cl)cc4)=C(CN4CCN(c5ccc(C(=O)NS(=O)(=O)c6ccc(N[C@H](CCN(C)CCO)CSc7ccccc7)c([N+](=O)[O-])c6)cc5)CC4)C3)CC2)C(C)(C)C)cc1. The molecule has 4 aliphatic rings. The molecule has 10 rings (SSSR count). The number of likely N-dealkylation sites (N-methyl/N-ethyl adjacent to an activating group) is 1. The van der Waals surface area contributed by atoms with E-state index >= 15 is 0 Å². The summed E-state index contributed by atoms with van der Waals surface area (Å²) in [6.45, 7) is 22.2. The molecule has 26 heteroatoms. The summed E-state index contributed by atoms with van der Waals surface area (Å²) in [5.74, 6) is -0.533. The van der Waals surface area contributed by atoms with Crippen LogP contribution in [0.5, 0.6) is 0 Å². The van der Waals surface area contributed by atoms with Crippen LogP contribution in [0, 0.1) is 27.9 Å². The van der Waals surface area contributed by atoms with Gasteiger partial charge in [0.05, 0.1) is 50.7 Å². The second-order valence-electron chi connectivity index (χ2n) is 30.5. The van der Waals surface area contributed by atoms with E-state index in [2.05, 4.69) is 59.4 Å². The number of aryl methyl sites for hydroxylation is 1. The molecule has 5 aromatic carbocycles. The molecule has 106 heavy (non-hydrogen) atoms. The van der Waals surface area contributed by atoms with Crippen LogP contribution in [-0.2, 0) is 24.4 Å². The van der Waals surface area contributed by atoms with Crippen LogP contribution in [0.4, 0.5) is 17.1 Å². The summed E-state index contributed by atoms with van der Waals surface area (Å²) >= 11 is 9.60. The van der Waals surface area contributed by atoms with E-state index in [1.165, 1.54) is 28.8 Å². The van der Waals surface area contributed by atoms with E-state index in [-0.39, 0.29) is 66.0 Å². The number of anilines is 2. The molecule has 6 atom stereocenters. The van der Waals surface area contributed by atoms with E-state index in [0.29, 0.717) is 56.3 Å². The summed E-state index contributed by atoms with van der Waals surface area (Å²) in [6.07, 6.45) is 8.03. The summed E-state index contributed by atoms with van der Waals surface area (Å²) < 4.78 is 29.5. The van der Waals surface area contributed by atoms with Crippen molar-refractivity contribution in [1.82, 2.24) is 44.8 Å². The number of rotatable bonds is 34. The van der Waals surface area contributed by atoms with E-state index in [4.69, 9.17) is 11.6 Å². The lowest BCUT2D eigenvalue weighted by Crippen LogP contribution is -2.56. The first-order chi connectivity index (χ1) is 50.7. The van der Waals surface area contributed by atoms with Crippen molar-refractivity contribution in [2.24, 2.45) is 10.8 Å². The highest BCUT2D eigenvalue weighted by molar-refractivity contribution is 7.99. The molecule has 6 N–H and O–H groups in total. The summed E-state index contributed by atoms with van der Waals surface area (Å²) in [6, 6.07) is 34.6. The van der Waals surface area contributed by atoms with Gasteiger partial charge in [0, 0.05) is 130 Å². The van der Waals surface area contributed by atoms with Crippen LogP contribution in [0.2, 0.25) is 5.02 Å². The number of nitro groups is 1. The number of piperazine rings is 2.